The third kappa shape index (κ3) is 9.40. The number of benzene rings is 2. The molecule has 2 aromatic carbocycles. The number of allylic oxidation sites excluding steroid dienone is 1. The fraction of sp³-hybridized carbons (Fsp3) is 0.476. The number of pyridine rings is 1. The summed E-state index contributed by atoms with van der Waals surface area (Å²) in [6, 6.07) is 19.9. The van der Waals surface area contributed by atoms with E-state index in [2.05, 4.69) is 58.5 Å². The van der Waals surface area contributed by atoms with Crippen LogP contribution in [0.2, 0.25) is 0 Å². The normalized spacial score (nSPS) is 21.3. The summed E-state index contributed by atoms with van der Waals surface area (Å²) >= 11 is 0. The first kappa shape index (κ1) is 38.8. The third-order valence-corrected chi connectivity index (χ3v) is 10.9. The number of hydrogen-bond acceptors (Lipinski definition) is 8. The predicted molar refractivity (Wildman–Crippen MR) is 215 cm³/mol. The number of nitrogens with zero attached hydrogens (tertiary/aromatic N) is 5. The van der Waals surface area contributed by atoms with Crippen LogP contribution < -0.4 is 26.6 Å². The van der Waals surface area contributed by atoms with Crippen molar-refractivity contribution in [1.82, 2.24) is 29.9 Å². The zero-order valence-corrected chi connectivity index (χ0v) is 32.7. The predicted octanol–water partition coefficient (Wildman–Crippen LogP) is 6.24. The van der Waals surface area contributed by atoms with Crippen LogP contribution in [-0.2, 0) is 6.54 Å². The molecule has 2 fully saturated rings. The Morgan fingerprint density at radius 2 is 1.80 bits per heavy atom. The average molecular weight is 735 g/mol. The van der Waals surface area contributed by atoms with E-state index in [0.717, 1.165) is 62.3 Å². The monoisotopic (exact) mass is 734 g/mol. The third-order valence-electron chi connectivity index (χ3n) is 10.9. The lowest BCUT2D eigenvalue weighted by atomic mass is 9.85. The van der Waals surface area contributed by atoms with Crippen LogP contribution in [0.25, 0.3) is 0 Å². The van der Waals surface area contributed by atoms with E-state index in [1.54, 1.807) is 29.0 Å². The summed E-state index contributed by atoms with van der Waals surface area (Å²) in [6.45, 7) is 12.0. The summed E-state index contributed by atoms with van der Waals surface area (Å²) in [5.41, 5.74) is 10.9. The average Bonchev–Trinajstić information content (AvgIpc) is 3.11. The number of carbonyl (C=O) groups is 1. The largest absolute Gasteiger partial charge is 0.484 e. The van der Waals surface area contributed by atoms with E-state index in [4.69, 9.17) is 26.3 Å². The number of urea groups is 1. The molecule has 2 aliphatic heterocycles. The van der Waals surface area contributed by atoms with Crippen molar-refractivity contribution in [3.05, 3.63) is 101 Å². The second kappa shape index (κ2) is 16.6. The van der Waals surface area contributed by atoms with Gasteiger partial charge in [-0.25, -0.2) is 9.79 Å². The molecule has 3 heterocycles. The van der Waals surface area contributed by atoms with E-state index in [0.29, 0.717) is 42.1 Å². The van der Waals surface area contributed by atoms with Gasteiger partial charge < -0.3 is 25.6 Å². The van der Waals surface area contributed by atoms with Gasteiger partial charge in [-0.05, 0) is 94.1 Å². The Morgan fingerprint density at radius 1 is 1.04 bits per heavy atom. The van der Waals surface area contributed by atoms with E-state index in [9.17, 15) is 4.79 Å². The van der Waals surface area contributed by atoms with Gasteiger partial charge in [-0.2, -0.15) is 0 Å². The Kier molecular flexibility index (Phi) is 11.9. The maximum atomic E-state index is 13.7. The molecule has 3 atom stereocenters. The number of aliphatic imine (C=N–C) groups is 1. The zero-order valence-electron chi connectivity index (χ0n) is 32.7. The Labute approximate surface area is 320 Å². The van der Waals surface area contributed by atoms with Crippen molar-refractivity contribution in [2.24, 2.45) is 16.1 Å². The number of aromatic nitrogens is 1. The van der Waals surface area contributed by atoms with Gasteiger partial charge in [0, 0.05) is 55.5 Å². The number of carbonyl (C=O) groups excluding carboxylic acids is 1. The zero-order chi connectivity index (χ0) is 38.6. The Hall–Kier alpha value is -4.94. The minimum Gasteiger partial charge on any atom is -0.484 e. The summed E-state index contributed by atoms with van der Waals surface area (Å²) in [5.74, 6) is 1.27. The number of hydrogen-bond donors (Lipinski definition) is 5. The van der Waals surface area contributed by atoms with E-state index < -0.39 is 0 Å². The molecule has 1 aromatic heterocycles. The molecule has 2 amide bonds. The van der Waals surface area contributed by atoms with Gasteiger partial charge in [0.25, 0.3) is 0 Å². The molecule has 54 heavy (non-hydrogen) atoms. The van der Waals surface area contributed by atoms with Crippen LogP contribution in [0.3, 0.4) is 0 Å². The topological polar surface area (TPSA) is 151 Å². The minimum absolute atomic E-state index is 0.240. The lowest BCUT2D eigenvalue weighted by Gasteiger charge is -2.42. The fourth-order valence-corrected chi connectivity index (χ4v) is 7.36. The van der Waals surface area contributed by atoms with Crippen molar-refractivity contribution in [2.75, 3.05) is 33.7 Å². The summed E-state index contributed by atoms with van der Waals surface area (Å²) in [4.78, 5) is 25.3. The van der Waals surface area contributed by atoms with Crippen molar-refractivity contribution in [3.8, 4) is 5.75 Å². The highest BCUT2D eigenvalue weighted by molar-refractivity contribution is 6.05. The molecule has 12 nitrogen and oxygen atoms in total. The maximum absolute atomic E-state index is 13.7. The molecule has 6 rings (SSSR count). The van der Waals surface area contributed by atoms with Crippen molar-refractivity contribution in [3.63, 3.8) is 0 Å². The number of rotatable bonds is 8. The van der Waals surface area contributed by atoms with Crippen LogP contribution >= 0.6 is 0 Å². The van der Waals surface area contributed by atoms with Crippen LogP contribution in [-0.4, -0.2) is 82.9 Å². The lowest BCUT2D eigenvalue weighted by molar-refractivity contribution is 0.0574. The van der Waals surface area contributed by atoms with Gasteiger partial charge in [0.2, 0.25) is 5.96 Å². The quantitative estimate of drug-likeness (QED) is 0.137. The fourth-order valence-electron chi connectivity index (χ4n) is 7.36. The van der Waals surface area contributed by atoms with Gasteiger partial charge in [0.05, 0.1) is 17.9 Å². The number of fused-ring (bicyclic) bond motifs is 1. The Balaban J connectivity index is 1.16. The smallest absolute Gasteiger partial charge is 0.320 e. The first-order chi connectivity index (χ1) is 25.7. The second-order valence-corrected chi connectivity index (χ2v) is 16.3. The van der Waals surface area contributed by atoms with Crippen molar-refractivity contribution >= 4 is 23.5 Å². The van der Waals surface area contributed by atoms with E-state index >= 15 is 0 Å². The number of nitrogens with one attached hydrogen (secondary N) is 4. The molecule has 3 aromatic rings. The van der Waals surface area contributed by atoms with Gasteiger partial charge in [0.15, 0.2) is 0 Å². The first-order valence-corrected chi connectivity index (χ1v) is 19.2. The minimum atomic E-state index is -0.366. The van der Waals surface area contributed by atoms with Crippen molar-refractivity contribution in [2.45, 2.75) is 90.6 Å². The number of amides is 2. The SMILES string of the molecule is C[C@H]1CCCCN1C(=N)n1cc(O[C@@H]2CC[C@H](NC(=O)NC(C=C(N)C(C)(C)C)=Nc3cccc(CN4CC(N(C)C)C4)c3)c3ccccc32)ccc1=N. The molecule has 0 bridgehead atoms. The highest BCUT2D eigenvalue weighted by atomic mass is 16.5. The molecule has 12 heteroatoms. The number of amidine groups is 1. The summed E-state index contributed by atoms with van der Waals surface area (Å²) in [7, 11) is 4.25. The molecule has 6 N–H and O–H groups in total. The molecule has 3 aliphatic rings. The molecule has 2 saturated heterocycles. The molecule has 0 unspecified atom stereocenters. The molecule has 0 radical (unpaired) electrons. The van der Waals surface area contributed by atoms with Crippen LogP contribution in [0.4, 0.5) is 10.5 Å². The summed E-state index contributed by atoms with van der Waals surface area (Å²) in [5, 5.41) is 23.6. The van der Waals surface area contributed by atoms with Gasteiger partial charge in [-0.3, -0.25) is 25.6 Å². The van der Waals surface area contributed by atoms with Gasteiger partial charge in [0.1, 0.15) is 23.2 Å². The number of likely N-dealkylation sites (N-methyl/N-ethyl adjacent to an activating group) is 1. The van der Waals surface area contributed by atoms with Crippen LogP contribution in [0.15, 0.2) is 83.6 Å². The first-order valence-electron chi connectivity index (χ1n) is 19.2. The maximum Gasteiger partial charge on any atom is 0.320 e. The highest BCUT2D eigenvalue weighted by Crippen LogP contribution is 2.38. The molecule has 0 spiro atoms. The van der Waals surface area contributed by atoms with Crippen LogP contribution in [0.1, 0.15) is 88.6 Å². The van der Waals surface area contributed by atoms with Crippen molar-refractivity contribution in [1.29, 1.82) is 10.8 Å². The van der Waals surface area contributed by atoms with Gasteiger partial charge >= 0.3 is 6.03 Å². The second-order valence-electron chi connectivity index (χ2n) is 16.3. The highest BCUT2D eigenvalue weighted by Gasteiger charge is 2.31. The number of likely N-dealkylation sites (tertiary alicyclic amines) is 2. The lowest BCUT2D eigenvalue weighted by Crippen LogP contribution is -2.56. The van der Waals surface area contributed by atoms with Crippen LogP contribution in [0, 0.1) is 16.2 Å². The van der Waals surface area contributed by atoms with Gasteiger partial charge in [-0.15, -0.1) is 0 Å². The Bertz CT molecular complexity index is 1940. The van der Waals surface area contributed by atoms with Crippen molar-refractivity contribution < 1.29 is 9.53 Å². The molecule has 1 aliphatic carbocycles. The molecular formula is C42H58N10O2. The molecule has 0 saturated carbocycles. The number of piperidine rings is 1. The summed E-state index contributed by atoms with van der Waals surface area (Å²) < 4.78 is 8.17. The number of nitrogens with two attached hydrogens (primary N) is 1. The Morgan fingerprint density at radius 3 is 2.52 bits per heavy atom. The molecular weight excluding hydrogens is 677 g/mol. The van der Waals surface area contributed by atoms with E-state index in [-0.39, 0.29) is 35.1 Å². The molecule has 288 valence electrons. The van der Waals surface area contributed by atoms with E-state index in [1.807, 2.05) is 57.2 Å². The number of ether oxygens (including phenoxy) is 1. The summed E-state index contributed by atoms with van der Waals surface area (Å²) in [6.07, 6.45) is 7.83. The van der Waals surface area contributed by atoms with Gasteiger partial charge in [-0.1, -0.05) is 57.2 Å². The van der Waals surface area contributed by atoms with E-state index in [1.165, 1.54) is 5.56 Å². The standard InChI is InChI=1S/C42H58N10O2/c1-28-12-9-10-21-51(28)40(45)52-27-32(17-20-38(52)44)54-36-19-18-35(33-15-7-8-16-34(33)36)47-41(53)48-39(23-37(43)42(2,3)4)46-30-14-11-13-29(22-30)24-50-25-31(26-50)49(5)6/h7-8,11,13-17,20,22-23,27-28,31,35-36,44-45H,9-10,12,18-19,21,24-26,43H2,1-6H3,(H2,46,47,48,53)/t28-,35-,36+/m0/s1. The van der Waals surface area contributed by atoms with Crippen LogP contribution in [0.5, 0.6) is 5.75 Å².